The van der Waals surface area contributed by atoms with E-state index in [1.165, 1.54) is 6.07 Å². The first kappa shape index (κ1) is 14.7. The van der Waals surface area contributed by atoms with Crippen molar-refractivity contribution in [1.29, 1.82) is 0 Å². The molecule has 1 atom stereocenters. The second-order valence-electron chi connectivity index (χ2n) is 5.92. The van der Waals surface area contributed by atoms with Crippen LogP contribution in [-0.4, -0.2) is 13.0 Å². The highest BCUT2D eigenvalue weighted by Gasteiger charge is 2.29. The number of hydrogen-bond acceptors (Lipinski definition) is 2. The van der Waals surface area contributed by atoms with Crippen LogP contribution in [0.2, 0.25) is 0 Å². The van der Waals surface area contributed by atoms with Gasteiger partial charge in [-0.1, -0.05) is 36.4 Å². The zero-order valence-electron chi connectivity index (χ0n) is 13.2. The van der Waals surface area contributed by atoms with Crippen molar-refractivity contribution in [3.05, 3.63) is 77.1 Å². The lowest BCUT2D eigenvalue weighted by Crippen LogP contribution is -2.36. The Kier molecular flexibility index (Phi) is 3.45. The van der Waals surface area contributed by atoms with Gasteiger partial charge in [0.25, 0.3) is 0 Å². The summed E-state index contributed by atoms with van der Waals surface area (Å²) in [6.07, 6.45) is 0.308. The van der Waals surface area contributed by atoms with Crippen LogP contribution >= 0.6 is 0 Å². The number of carbonyl (C=O) groups excluding carboxylic acids is 1. The number of carbonyl (C=O) groups is 1. The monoisotopic (exact) mass is 321 g/mol. The number of nitrogens with one attached hydrogen (secondary N) is 1. The number of halogens is 1. The first-order valence-electron chi connectivity index (χ1n) is 7.80. The van der Waals surface area contributed by atoms with Crippen LogP contribution in [0.3, 0.4) is 0 Å². The van der Waals surface area contributed by atoms with Crippen LogP contribution in [0.15, 0.2) is 54.6 Å². The fourth-order valence-electron chi connectivity index (χ4n) is 3.40. The minimum absolute atomic E-state index is 0.0939. The molecule has 4 heteroatoms. The van der Waals surface area contributed by atoms with E-state index >= 15 is 0 Å². The molecule has 0 saturated carbocycles. The second-order valence-corrected chi connectivity index (χ2v) is 5.92. The lowest BCUT2D eigenvalue weighted by atomic mass is 9.85. The number of fused-ring (bicyclic) bond motifs is 3. The van der Waals surface area contributed by atoms with E-state index in [0.717, 1.165) is 27.6 Å². The van der Waals surface area contributed by atoms with E-state index in [1.54, 1.807) is 25.3 Å². The van der Waals surface area contributed by atoms with Gasteiger partial charge in [0, 0.05) is 5.56 Å². The minimum atomic E-state index is -0.487. The predicted molar refractivity (Wildman–Crippen MR) is 90.6 cm³/mol. The molecule has 1 unspecified atom stereocenters. The number of hydrogen-bond donors (Lipinski definition) is 1. The predicted octanol–water partition coefficient (Wildman–Crippen LogP) is 3.75. The number of methoxy groups -OCH3 is 1. The molecule has 1 heterocycles. The van der Waals surface area contributed by atoms with Gasteiger partial charge in [-0.2, -0.15) is 0 Å². The average Bonchev–Trinajstić information content (AvgIpc) is 2.60. The van der Waals surface area contributed by atoms with Crippen LogP contribution in [0, 0.1) is 5.82 Å². The van der Waals surface area contributed by atoms with Gasteiger partial charge in [-0.3, -0.25) is 4.79 Å². The summed E-state index contributed by atoms with van der Waals surface area (Å²) in [7, 11) is 1.63. The summed E-state index contributed by atoms with van der Waals surface area (Å²) in [5.41, 5.74) is 2.37. The third kappa shape index (κ3) is 2.31. The zero-order valence-corrected chi connectivity index (χ0v) is 13.2. The third-order valence-corrected chi connectivity index (χ3v) is 4.52. The molecule has 0 radical (unpaired) electrons. The van der Waals surface area contributed by atoms with Crippen molar-refractivity contribution in [3.63, 3.8) is 0 Å². The van der Waals surface area contributed by atoms with Gasteiger partial charge in [-0.15, -0.1) is 0 Å². The average molecular weight is 321 g/mol. The topological polar surface area (TPSA) is 38.3 Å². The van der Waals surface area contributed by atoms with Gasteiger partial charge < -0.3 is 10.1 Å². The Morgan fingerprint density at radius 1 is 1.12 bits per heavy atom. The highest BCUT2D eigenvalue weighted by molar-refractivity contribution is 5.93. The van der Waals surface area contributed by atoms with Crippen LogP contribution in [0.4, 0.5) is 4.39 Å². The van der Waals surface area contributed by atoms with Gasteiger partial charge in [0.05, 0.1) is 19.6 Å². The maximum Gasteiger partial charge on any atom is 0.225 e. The van der Waals surface area contributed by atoms with Crippen molar-refractivity contribution in [2.45, 2.75) is 12.5 Å². The van der Waals surface area contributed by atoms with E-state index < -0.39 is 6.04 Å². The first-order valence-corrected chi connectivity index (χ1v) is 7.80. The summed E-state index contributed by atoms with van der Waals surface area (Å²) < 4.78 is 19.6. The fraction of sp³-hybridized carbons (Fsp3) is 0.150. The number of rotatable bonds is 2. The Bertz CT molecular complexity index is 952. The molecule has 3 nitrogen and oxygen atoms in total. The van der Waals surface area contributed by atoms with Crippen molar-refractivity contribution in [2.24, 2.45) is 0 Å². The summed E-state index contributed by atoms with van der Waals surface area (Å²) in [6.45, 7) is 0. The van der Waals surface area contributed by atoms with Crippen molar-refractivity contribution in [2.75, 3.05) is 7.11 Å². The van der Waals surface area contributed by atoms with Crippen LogP contribution < -0.4 is 10.1 Å². The summed E-state index contributed by atoms with van der Waals surface area (Å²) in [4.78, 5) is 12.1. The summed E-state index contributed by atoms with van der Waals surface area (Å²) >= 11 is 0. The molecule has 0 aromatic heterocycles. The molecule has 1 aliphatic heterocycles. The molecule has 1 aliphatic rings. The highest BCUT2D eigenvalue weighted by atomic mass is 19.1. The van der Waals surface area contributed by atoms with Crippen LogP contribution in [0.5, 0.6) is 5.75 Å². The SMILES string of the molecule is COc1ccc2c3c(ccc2c1)CC(=O)NC3c1ccccc1F. The molecule has 4 rings (SSSR count). The van der Waals surface area contributed by atoms with Crippen molar-refractivity contribution >= 4 is 16.7 Å². The maximum atomic E-state index is 14.3. The van der Waals surface area contributed by atoms with Gasteiger partial charge in [-0.05, 0) is 40.1 Å². The zero-order chi connectivity index (χ0) is 16.7. The third-order valence-electron chi connectivity index (χ3n) is 4.52. The molecule has 0 spiro atoms. The Morgan fingerprint density at radius 2 is 1.96 bits per heavy atom. The molecule has 120 valence electrons. The van der Waals surface area contributed by atoms with E-state index in [9.17, 15) is 9.18 Å². The van der Waals surface area contributed by atoms with Crippen LogP contribution in [0.25, 0.3) is 10.8 Å². The molecule has 3 aromatic rings. The van der Waals surface area contributed by atoms with Gasteiger partial charge in [0.2, 0.25) is 5.91 Å². The van der Waals surface area contributed by atoms with Gasteiger partial charge in [-0.25, -0.2) is 4.39 Å². The largest absolute Gasteiger partial charge is 0.497 e. The van der Waals surface area contributed by atoms with Crippen molar-refractivity contribution < 1.29 is 13.9 Å². The minimum Gasteiger partial charge on any atom is -0.497 e. The van der Waals surface area contributed by atoms with Crippen LogP contribution in [0.1, 0.15) is 22.7 Å². The highest BCUT2D eigenvalue weighted by Crippen LogP contribution is 2.36. The Balaban J connectivity index is 1.98. The second kappa shape index (κ2) is 5.64. The standard InChI is InChI=1S/C20H16FNO2/c1-24-14-8-9-15-12(10-14)6-7-13-11-18(23)22-20(19(13)15)16-4-2-3-5-17(16)21/h2-10,20H,11H2,1H3,(H,22,23). The quantitative estimate of drug-likeness (QED) is 0.781. The summed E-state index contributed by atoms with van der Waals surface area (Å²) in [5.74, 6) is 0.356. The Hall–Kier alpha value is -2.88. The molecular weight excluding hydrogens is 305 g/mol. The van der Waals surface area contributed by atoms with Gasteiger partial charge >= 0.3 is 0 Å². The van der Waals surface area contributed by atoms with Gasteiger partial charge in [0.15, 0.2) is 0 Å². The number of ether oxygens (including phenoxy) is 1. The molecule has 1 amide bonds. The van der Waals surface area contributed by atoms with Crippen molar-refractivity contribution in [1.82, 2.24) is 5.32 Å². The van der Waals surface area contributed by atoms with Crippen molar-refractivity contribution in [3.8, 4) is 5.75 Å². The smallest absolute Gasteiger partial charge is 0.225 e. The molecular formula is C20H16FNO2. The number of amides is 1. The van der Waals surface area contributed by atoms with E-state index in [1.807, 2.05) is 30.3 Å². The lowest BCUT2D eigenvalue weighted by molar-refractivity contribution is -0.121. The summed E-state index contributed by atoms with van der Waals surface area (Å²) in [6, 6.07) is 15.8. The maximum absolute atomic E-state index is 14.3. The van der Waals surface area contributed by atoms with E-state index in [2.05, 4.69) is 5.32 Å². The summed E-state index contributed by atoms with van der Waals surface area (Å²) in [5, 5.41) is 4.95. The molecule has 3 aromatic carbocycles. The molecule has 0 aliphatic carbocycles. The van der Waals surface area contributed by atoms with E-state index in [4.69, 9.17) is 4.74 Å². The molecule has 1 N–H and O–H groups in total. The lowest BCUT2D eigenvalue weighted by Gasteiger charge is -2.29. The van der Waals surface area contributed by atoms with Gasteiger partial charge in [0.1, 0.15) is 11.6 Å². The molecule has 0 fully saturated rings. The first-order chi connectivity index (χ1) is 11.7. The number of benzene rings is 3. The molecule has 24 heavy (non-hydrogen) atoms. The molecule has 0 saturated heterocycles. The van der Waals surface area contributed by atoms with E-state index in [0.29, 0.717) is 12.0 Å². The van der Waals surface area contributed by atoms with Crippen LogP contribution in [-0.2, 0) is 11.2 Å². The van der Waals surface area contributed by atoms with E-state index in [-0.39, 0.29) is 11.7 Å². The molecule has 0 bridgehead atoms. The Morgan fingerprint density at radius 3 is 2.75 bits per heavy atom. The normalized spacial score (nSPS) is 16.6. The Labute approximate surface area is 139 Å². The fourth-order valence-corrected chi connectivity index (χ4v) is 3.40.